The Kier molecular flexibility index (Phi) is 4.54. The zero-order valence-electron chi connectivity index (χ0n) is 13.5. The number of rotatable bonds is 4. The quantitative estimate of drug-likeness (QED) is 0.543. The molecular weight excluding hydrogens is 390 g/mol. The Balaban J connectivity index is 1.57. The number of carbonyl (C=O) groups is 1. The lowest BCUT2D eigenvalue weighted by Gasteiger charge is -2.03. The molecule has 6 nitrogen and oxygen atoms in total. The van der Waals surface area contributed by atoms with E-state index in [9.17, 15) is 4.79 Å². The molecule has 4 aromatic rings. The molecule has 0 aliphatic carbocycles. The first kappa shape index (κ1) is 16.9. The third kappa shape index (κ3) is 3.26. The number of thiazole rings is 2. The lowest BCUT2D eigenvalue weighted by Crippen LogP contribution is -2.11. The number of anilines is 1. The first-order chi connectivity index (χ1) is 12.6. The van der Waals surface area contributed by atoms with Gasteiger partial charge in [0, 0.05) is 24.8 Å². The standard InChI is InChI=1S/C17H12ClN5OS2/c1-23-13(8-12(22-23)16-19-6-7-25-16)14-9-20-17(26-14)21-15(24)10-4-2-3-5-11(10)18/h2-9H,1H3,(H,20,21,24). The molecule has 0 aliphatic heterocycles. The Morgan fingerprint density at radius 3 is 2.88 bits per heavy atom. The van der Waals surface area contributed by atoms with Crippen LogP contribution in [-0.2, 0) is 7.05 Å². The predicted octanol–water partition coefficient (Wildman–Crippen LogP) is 4.57. The Hall–Kier alpha value is -2.55. The average Bonchev–Trinajstić information content (AvgIpc) is 3.35. The summed E-state index contributed by atoms with van der Waals surface area (Å²) in [6, 6.07) is 8.87. The predicted molar refractivity (Wildman–Crippen MR) is 105 cm³/mol. The van der Waals surface area contributed by atoms with Gasteiger partial charge in [0.1, 0.15) is 10.7 Å². The van der Waals surface area contributed by atoms with Gasteiger partial charge in [-0.05, 0) is 18.2 Å². The molecule has 0 bridgehead atoms. The van der Waals surface area contributed by atoms with Gasteiger partial charge in [0.25, 0.3) is 5.91 Å². The molecule has 0 unspecified atom stereocenters. The van der Waals surface area contributed by atoms with Gasteiger partial charge in [-0.15, -0.1) is 11.3 Å². The Labute approximate surface area is 162 Å². The van der Waals surface area contributed by atoms with Crippen LogP contribution in [0.5, 0.6) is 0 Å². The van der Waals surface area contributed by atoms with Gasteiger partial charge in [-0.25, -0.2) is 9.97 Å². The van der Waals surface area contributed by atoms with E-state index in [-0.39, 0.29) is 5.91 Å². The van der Waals surface area contributed by atoms with Crippen LogP contribution in [0.1, 0.15) is 10.4 Å². The molecule has 3 aromatic heterocycles. The number of aryl methyl sites for hydroxylation is 1. The lowest BCUT2D eigenvalue weighted by atomic mass is 10.2. The van der Waals surface area contributed by atoms with Crippen molar-refractivity contribution in [2.24, 2.45) is 7.05 Å². The molecule has 0 atom stereocenters. The van der Waals surface area contributed by atoms with Crippen LogP contribution in [0.2, 0.25) is 5.02 Å². The maximum Gasteiger partial charge on any atom is 0.258 e. The van der Waals surface area contributed by atoms with Crippen molar-refractivity contribution >= 4 is 45.3 Å². The van der Waals surface area contributed by atoms with Crippen LogP contribution in [0, 0.1) is 0 Å². The van der Waals surface area contributed by atoms with Crippen molar-refractivity contribution in [2.75, 3.05) is 5.32 Å². The van der Waals surface area contributed by atoms with E-state index in [4.69, 9.17) is 11.6 Å². The van der Waals surface area contributed by atoms with Crippen LogP contribution < -0.4 is 5.32 Å². The van der Waals surface area contributed by atoms with Gasteiger partial charge >= 0.3 is 0 Å². The number of nitrogens with one attached hydrogen (secondary N) is 1. The third-order valence-electron chi connectivity index (χ3n) is 3.63. The smallest absolute Gasteiger partial charge is 0.258 e. The second kappa shape index (κ2) is 6.99. The molecule has 0 spiro atoms. The minimum Gasteiger partial charge on any atom is -0.298 e. The molecule has 0 saturated heterocycles. The first-order valence-electron chi connectivity index (χ1n) is 7.58. The highest BCUT2D eigenvalue weighted by molar-refractivity contribution is 7.19. The number of aromatic nitrogens is 4. The van der Waals surface area contributed by atoms with Gasteiger partial charge in [-0.3, -0.25) is 14.8 Å². The summed E-state index contributed by atoms with van der Waals surface area (Å²) in [5.41, 5.74) is 2.14. The zero-order valence-corrected chi connectivity index (χ0v) is 15.9. The van der Waals surface area contributed by atoms with Crippen LogP contribution in [0.25, 0.3) is 21.3 Å². The summed E-state index contributed by atoms with van der Waals surface area (Å²) in [6.07, 6.45) is 3.47. The van der Waals surface area contributed by atoms with Crippen molar-refractivity contribution < 1.29 is 4.79 Å². The summed E-state index contributed by atoms with van der Waals surface area (Å²) in [5.74, 6) is -0.287. The van der Waals surface area contributed by atoms with E-state index in [1.807, 2.05) is 18.5 Å². The fourth-order valence-electron chi connectivity index (χ4n) is 2.41. The second-order valence-corrected chi connectivity index (χ2v) is 7.67. The molecule has 1 amide bonds. The fraction of sp³-hybridized carbons (Fsp3) is 0.0588. The molecule has 0 saturated carbocycles. The minimum absolute atomic E-state index is 0.287. The van der Waals surface area contributed by atoms with Crippen molar-refractivity contribution in [3.63, 3.8) is 0 Å². The normalized spacial score (nSPS) is 10.8. The van der Waals surface area contributed by atoms with Gasteiger partial charge in [-0.1, -0.05) is 35.1 Å². The molecule has 9 heteroatoms. The van der Waals surface area contributed by atoms with Crippen molar-refractivity contribution in [2.45, 2.75) is 0 Å². The molecule has 130 valence electrons. The number of carbonyl (C=O) groups excluding carboxylic acids is 1. The monoisotopic (exact) mass is 401 g/mol. The second-order valence-electron chi connectivity index (χ2n) is 5.34. The van der Waals surface area contributed by atoms with Crippen molar-refractivity contribution in [3.8, 4) is 21.3 Å². The maximum absolute atomic E-state index is 12.4. The SMILES string of the molecule is Cn1nc(-c2nccs2)cc1-c1cnc(NC(=O)c2ccccc2Cl)s1. The number of benzene rings is 1. The summed E-state index contributed by atoms with van der Waals surface area (Å²) >= 11 is 8.98. The summed E-state index contributed by atoms with van der Waals surface area (Å²) in [5, 5.41) is 11.0. The first-order valence-corrected chi connectivity index (χ1v) is 9.65. The summed E-state index contributed by atoms with van der Waals surface area (Å²) in [7, 11) is 1.87. The van der Waals surface area contributed by atoms with Crippen molar-refractivity contribution in [1.29, 1.82) is 0 Å². The highest BCUT2D eigenvalue weighted by Gasteiger charge is 2.16. The van der Waals surface area contributed by atoms with E-state index in [0.29, 0.717) is 15.7 Å². The molecule has 4 rings (SSSR count). The molecule has 0 fully saturated rings. The maximum atomic E-state index is 12.4. The lowest BCUT2D eigenvalue weighted by molar-refractivity contribution is 0.102. The van der Waals surface area contributed by atoms with E-state index in [1.54, 1.807) is 41.3 Å². The highest BCUT2D eigenvalue weighted by atomic mass is 35.5. The number of halogens is 1. The number of amides is 1. The molecule has 0 aliphatic rings. The molecule has 3 heterocycles. The number of hydrogen-bond donors (Lipinski definition) is 1. The Morgan fingerprint density at radius 1 is 1.27 bits per heavy atom. The average molecular weight is 402 g/mol. The highest BCUT2D eigenvalue weighted by Crippen LogP contribution is 2.32. The molecule has 1 aromatic carbocycles. The van der Waals surface area contributed by atoms with Crippen LogP contribution in [0.4, 0.5) is 5.13 Å². The topological polar surface area (TPSA) is 72.7 Å². The van der Waals surface area contributed by atoms with Crippen LogP contribution in [0.3, 0.4) is 0 Å². The van der Waals surface area contributed by atoms with E-state index in [2.05, 4.69) is 20.4 Å². The molecular formula is C17H12ClN5OS2. The molecule has 0 radical (unpaired) electrons. The van der Waals surface area contributed by atoms with E-state index >= 15 is 0 Å². The van der Waals surface area contributed by atoms with Crippen LogP contribution in [0.15, 0.2) is 48.1 Å². The van der Waals surface area contributed by atoms with Gasteiger partial charge in [0.2, 0.25) is 0 Å². The van der Waals surface area contributed by atoms with Gasteiger partial charge in [0.05, 0.1) is 21.2 Å². The Bertz CT molecular complexity index is 1070. The molecule has 26 heavy (non-hydrogen) atoms. The minimum atomic E-state index is -0.287. The largest absolute Gasteiger partial charge is 0.298 e. The fourth-order valence-corrected chi connectivity index (χ4v) is 4.09. The van der Waals surface area contributed by atoms with Gasteiger partial charge in [0.15, 0.2) is 5.13 Å². The molecule has 1 N–H and O–H groups in total. The summed E-state index contributed by atoms with van der Waals surface area (Å²) in [4.78, 5) is 21.8. The van der Waals surface area contributed by atoms with Crippen LogP contribution in [-0.4, -0.2) is 25.7 Å². The van der Waals surface area contributed by atoms with E-state index < -0.39 is 0 Å². The number of nitrogens with zero attached hydrogens (tertiary/aromatic N) is 4. The van der Waals surface area contributed by atoms with Gasteiger partial charge in [-0.2, -0.15) is 5.10 Å². The zero-order chi connectivity index (χ0) is 18.1. The summed E-state index contributed by atoms with van der Waals surface area (Å²) in [6.45, 7) is 0. The summed E-state index contributed by atoms with van der Waals surface area (Å²) < 4.78 is 1.78. The van der Waals surface area contributed by atoms with Crippen molar-refractivity contribution in [3.05, 3.63) is 58.7 Å². The van der Waals surface area contributed by atoms with Crippen molar-refractivity contribution in [1.82, 2.24) is 19.7 Å². The van der Waals surface area contributed by atoms with Crippen LogP contribution >= 0.6 is 34.3 Å². The third-order valence-corrected chi connectivity index (χ3v) is 5.69. The number of hydrogen-bond acceptors (Lipinski definition) is 6. The van der Waals surface area contributed by atoms with Gasteiger partial charge < -0.3 is 0 Å². The Morgan fingerprint density at radius 2 is 2.12 bits per heavy atom. The van der Waals surface area contributed by atoms with E-state index in [1.165, 1.54) is 22.7 Å². The van der Waals surface area contributed by atoms with E-state index in [0.717, 1.165) is 21.3 Å².